The molecule has 118 valence electrons. The van der Waals surface area contributed by atoms with Gasteiger partial charge in [0.1, 0.15) is 5.82 Å². The molecule has 0 saturated heterocycles. The summed E-state index contributed by atoms with van der Waals surface area (Å²) in [5.41, 5.74) is 4.65. The molecule has 2 heterocycles. The molecule has 1 N–H and O–H groups in total. The van der Waals surface area contributed by atoms with Gasteiger partial charge in [0.15, 0.2) is 0 Å². The van der Waals surface area contributed by atoms with Gasteiger partial charge in [-0.05, 0) is 50.6 Å². The van der Waals surface area contributed by atoms with Gasteiger partial charge in [-0.15, -0.1) is 0 Å². The number of rotatable bonds is 6. The van der Waals surface area contributed by atoms with Crippen molar-refractivity contribution in [2.24, 2.45) is 0 Å². The van der Waals surface area contributed by atoms with Gasteiger partial charge in [0.2, 0.25) is 0 Å². The van der Waals surface area contributed by atoms with E-state index < -0.39 is 0 Å². The van der Waals surface area contributed by atoms with Crippen LogP contribution in [-0.2, 0) is 13.0 Å². The molecule has 0 fully saturated rings. The van der Waals surface area contributed by atoms with Crippen LogP contribution >= 0.6 is 0 Å². The van der Waals surface area contributed by atoms with E-state index in [2.05, 4.69) is 56.3 Å². The van der Waals surface area contributed by atoms with Crippen molar-refractivity contribution < 1.29 is 0 Å². The minimum Gasteiger partial charge on any atom is -0.311 e. The van der Waals surface area contributed by atoms with Crippen LogP contribution in [0.4, 0.5) is 0 Å². The van der Waals surface area contributed by atoms with Crippen LogP contribution in [0.25, 0.3) is 5.69 Å². The minimum absolute atomic E-state index is 0.801. The third kappa shape index (κ3) is 3.85. The summed E-state index contributed by atoms with van der Waals surface area (Å²) in [5.74, 6) is 1.01. The van der Waals surface area contributed by atoms with E-state index in [0.29, 0.717) is 0 Å². The lowest BCUT2D eigenvalue weighted by atomic mass is 10.2. The molecule has 0 atom stereocenters. The van der Waals surface area contributed by atoms with Crippen molar-refractivity contribution in [2.75, 3.05) is 6.54 Å². The Bertz CT molecular complexity index is 745. The molecule has 0 saturated carbocycles. The lowest BCUT2D eigenvalue weighted by Crippen LogP contribution is -2.19. The highest BCUT2D eigenvalue weighted by Gasteiger charge is 2.07. The number of pyridine rings is 1. The Kier molecular flexibility index (Phi) is 4.83. The van der Waals surface area contributed by atoms with Crippen LogP contribution in [0.2, 0.25) is 0 Å². The zero-order chi connectivity index (χ0) is 16.1. The predicted octanol–water partition coefficient (Wildman–Crippen LogP) is 3.22. The minimum atomic E-state index is 0.801. The number of aryl methyl sites for hydroxylation is 2. The van der Waals surface area contributed by atoms with Gasteiger partial charge in [-0.2, -0.15) is 0 Å². The first kappa shape index (κ1) is 15.4. The van der Waals surface area contributed by atoms with Gasteiger partial charge in [0.05, 0.1) is 11.9 Å². The smallest absolute Gasteiger partial charge is 0.110 e. The molecule has 0 unspecified atom stereocenters. The van der Waals surface area contributed by atoms with E-state index in [-0.39, 0.29) is 0 Å². The highest BCUT2D eigenvalue weighted by molar-refractivity contribution is 5.35. The summed E-state index contributed by atoms with van der Waals surface area (Å²) in [6.07, 6.45) is 4.88. The topological polar surface area (TPSA) is 42.7 Å². The molecule has 1 aromatic carbocycles. The third-order valence-electron chi connectivity index (χ3n) is 3.89. The molecular weight excluding hydrogens is 284 g/mol. The molecule has 4 heteroatoms. The number of imidazole rings is 1. The van der Waals surface area contributed by atoms with E-state index in [0.717, 1.165) is 36.7 Å². The molecule has 0 aliphatic rings. The maximum absolute atomic E-state index is 4.45. The van der Waals surface area contributed by atoms with Crippen LogP contribution in [-0.4, -0.2) is 21.1 Å². The van der Waals surface area contributed by atoms with Crippen molar-refractivity contribution in [3.8, 4) is 5.69 Å². The van der Waals surface area contributed by atoms with Gasteiger partial charge in [0, 0.05) is 24.1 Å². The monoisotopic (exact) mass is 306 g/mol. The van der Waals surface area contributed by atoms with Crippen molar-refractivity contribution in [1.29, 1.82) is 0 Å². The highest BCUT2D eigenvalue weighted by Crippen LogP contribution is 2.14. The quantitative estimate of drug-likeness (QED) is 0.711. The summed E-state index contributed by atoms with van der Waals surface area (Å²) < 4.78 is 2.19. The largest absolute Gasteiger partial charge is 0.311 e. The van der Waals surface area contributed by atoms with E-state index in [1.807, 2.05) is 32.3 Å². The second kappa shape index (κ2) is 7.20. The van der Waals surface area contributed by atoms with Gasteiger partial charge < -0.3 is 5.32 Å². The molecule has 3 rings (SSSR count). The second-order valence-electron chi connectivity index (χ2n) is 5.70. The Hall–Kier alpha value is -2.46. The number of hydrogen-bond donors (Lipinski definition) is 1. The van der Waals surface area contributed by atoms with Crippen molar-refractivity contribution in [2.45, 2.75) is 26.8 Å². The molecule has 0 amide bonds. The molecule has 0 spiro atoms. The van der Waals surface area contributed by atoms with Crippen LogP contribution in [0.5, 0.6) is 0 Å². The van der Waals surface area contributed by atoms with Crippen LogP contribution < -0.4 is 5.32 Å². The number of benzene rings is 1. The fourth-order valence-corrected chi connectivity index (χ4v) is 2.64. The summed E-state index contributed by atoms with van der Waals surface area (Å²) in [6.45, 7) is 5.77. The summed E-state index contributed by atoms with van der Waals surface area (Å²) >= 11 is 0. The molecule has 3 aromatic rings. The maximum atomic E-state index is 4.45. The fraction of sp³-hybridized carbons (Fsp3) is 0.263. The van der Waals surface area contributed by atoms with Gasteiger partial charge in [-0.1, -0.05) is 24.3 Å². The fourth-order valence-electron chi connectivity index (χ4n) is 2.64. The number of para-hydroxylation sites is 1. The van der Waals surface area contributed by atoms with Crippen molar-refractivity contribution in [1.82, 2.24) is 19.9 Å². The first-order valence-corrected chi connectivity index (χ1v) is 7.95. The van der Waals surface area contributed by atoms with Crippen LogP contribution in [0.3, 0.4) is 0 Å². The zero-order valence-corrected chi connectivity index (χ0v) is 13.7. The lowest BCUT2D eigenvalue weighted by molar-refractivity contribution is 0.663. The number of aromatic nitrogens is 3. The van der Waals surface area contributed by atoms with E-state index in [1.54, 1.807) is 0 Å². The normalized spacial score (nSPS) is 10.9. The molecule has 2 aromatic heterocycles. The molecule has 0 aliphatic heterocycles. The number of nitrogens with one attached hydrogen (secondary N) is 1. The Morgan fingerprint density at radius 1 is 0.957 bits per heavy atom. The molecule has 23 heavy (non-hydrogen) atoms. The van der Waals surface area contributed by atoms with Crippen LogP contribution in [0, 0.1) is 13.8 Å². The number of nitrogens with zero attached hydrogens (tertiary/aromatic N) is 3. The molecule has 4 nitrogen and oxygen atoms in total. The Morgan fingerprint density at radius 3 is 2.52 bits per heavy atom. The van der Waals surface area contributed by atoms with Crippen molar-refractivity contribution >= 4 is 0 Å². The van der Waals surface area contributed by atoms with E-state index >= 15 is 0 Å². The number of hydrogen-bond acceptors (Lipinski definition) is 3. The first-order chi connectivity index (χ1) is 11.2. The lowest BCUT2D eigenvalue weighted by Gasteiger charge is -2.11. The summed E-state index contributed by atoms with van der Waals surface area (Å²) in [6, 6.07) is 14.5. The van der Waals surface area contributed by atoms with Crippen LogP contribution in [0.15, 0.2) is 54.9 Å². The SMILES string of the molecule is Cc1ccc(CCNCc2cnc(C)n2-c2ccccc2)cn1. The molecule has 0 aliphatic carbocycles. The van der Waals surface area contributed by atoms with Crippen molar-refractivity contribution in [3.05, 3.63) is 77.6 Å². The van der Waals surface area contributed by atoms with Gasteiger partial charge in [-0.3, -0.25) is 9.55 Å². The average Bonchev–Trinajstić information content (AvgIpc) is 2.95. The summed E-state index contributed by atoms with van der Waals surface area (Å²) in [7, 11) is 0. The highest BCUT2D eigenvalue weighted by atomic mass is 15.1. The predicted molar refractivity (Wildman–Crippen MR) is 92.7 cm³/mol. The van der Waals surface area contributed by atoms with E-state index in [1.165, 1.54) is 11.3 Å². The van der Waals surface area contributed by atoms with Crippen molar-refractivity contribution in [3.63, 3.8) is 0 Å². The Morgan fingerprint density at radius 2 is 1.78 bits per heavy atom. The second-order valence-corrected chi connectivity index (χ2v) is 5.70. The van der Waals surface area contributed by atoms with Crippen LogP contribution in [0.1, 0.15) is 22.8 Å². The van der Waals surface area contributed by atoms with E-state index in [9.17, 15) is 0 Å². The maximum Gasteiger partial charge on any atom is 0.110 e. The third-order valence-corrected chi connectivity index (χ3v) is 3.89. The molecule has 0 bridgehead atoms. The van der Waals surface area contributed by atoms with Gasteiger partial charge >= 0.3 is 0 Å². The van der Waals surface area contributed by atoms with Gasteiger partial charge in [0.25, 0.3) is 0 Å². The van der Waals surface area contributed by atoms with Gasteiger partial charge in [-0.25, -0.2) is 4.98 Å². The Labute approximate surface area is 137 Å². The molecular formula is C19H22N4. The Balaban J connectivity index is 1.60. The summed E-state index contributed by atoms with van der Waals surface area (Å²) in [5, 5.41) is 3.50. The zero-order valence-electron chi connectivity index (χ0n) is 13.7. The molecule has 0 radical (unpaired) electrons. The summed E-state index contributed by atoms with van der Waals surface area (Å²) in [4.78, 5) is 8.78. The van der Waals surface area contributed by atoms with E-state index in [4.69, 9.17) is 0 Å². The standard InChI is InChI=1S/C19H22N4/c1-15-8-9-17(12-21-15)10-11-20-13-19-14-22-16(2)23(19)18-6-4-3-5-7-18/h3-9,12,14,20H,10-11,13H2,1-2H3. The first-order valence-electron chi connectivity index (χ1n) is 7.95. The average molecular weight is 306 g/mol.